The fourth-order valence-corrected chi connectivity index (χ4v) is 3.34. The lowest BCUT2D eigenvalue weighted by molar-refractivity contribution is -0.119. The van der Waals surface area contributed by atoms with Gasteiger partial charge in [0, 0.05) is 19.6 Å². The molecule has 0 aromatic heterocycles. The number of anilines is 2. The summed E-state index contributed by atoms with van der Waals surface area (Å²) in [6.45, 7) is 7.59. The monoisotopic (exact) mass is 303 g/mol. The van der Waals surface area contributed by atoms with Crippen molar-refractivity contribution in [3.8, 4) is 0 Å². The molecule has 0 spiro atoms. The maximum atomic E-state index is 12.4. The van der Waals surface area contributed by atoms with Crippen molar-refractivity contribution in [3.05, 3.63) is 24.3 Å². The van der Waals surface area contributed by atoms with Crippen LogP contribution in [-0.4, -0.2) is 44.3 Å². The first-order chi connectivity index (χ1) is 10.6. The van der Waals surface area contributed by atoms with Gasteiger partial charge in [-0.3, -0.25) is 4.79 Å². The van der Waals surface area contributed by atoms with E-state index in [1.807, 2.05) is 18.2 Å². The second-order valence-electron chi connectivity index (χ2n) is 6.36. The van der Waals surface area contributed by atoms with Crippen LogP contribution >= 0.6 is 0 Å². The van der Waals surface area contributed by atoms with Crippen LogP contribution in [0.2, 0.25) is 0 Å². The third-order valence-electron chi connectivity index (χ3n) is 4.35. The summed E-state index contributed by atoms with van der Waals surface area (Å²) in [7, 11) is 0. The predicted octanol–water partition coefficient (Wildman–Crippen LogP) is 1.85. The zero-order chi connectivity index (χ0) is 15.5. The van der Waals surface area contributed by atoms with Gasteiger partial charge in [-0.2, -0.15) is 0 Å². The van der Waals surface area contributed by atoms with E-state index in [0.717, 1.165) is 44.0 Å². The van der Waals surface area contributed by atoms with E-state index in [9.17, 15) is 4.79 Å². The molecule has 0 saturated carbocycles. The van der Waals surface area contributed by atoms with Crippen molar-refractivity contribution in [2.24, 2.45) is 5.92 Å². The summed E-state index contributed by atoms with van der Waals surface area (Å²) >= 11 is 0. The van der Waals surface area contributed by atoms with Crippen molar-refractivity contribution in [2.75, 3.05) is 36.4 Å². The quantitative estimate of drug-likeness (QED) is 0.895. The molecule has 0 radical (unpaired) electrons. The molecule has 3 unspecified atom stereocenters. The van der Waals surface area contributed by atoms with Crippen LogP contribution in [0.3, 0.4) is 0 Å². The van der Waals surface area contributed by atoms with Gasteiger partial charge in [-0.05, 0) is 38.9 Å². The van der Waals surface area contributed by atoms with Crippen LogP contribution in [0, 0.1) is 5.92 Å². The normalized spacial score (nSPS) is 28.6. The van der Waals surface area contributed by atoms with E-state index in [1.54, 1.807) is 0 Å². The Hall–Kier alpha value is -1.59. The number of benzene rings is 1. The van der Waals surface area contributed by atoms with E-state index < -0.39 is 0 Å². The van der Waals surface area contributed by atoms with Gasteiger partial charge in [0.2, 0.25) is 5.91 Å². The molecule has 120 valence electrons. The third-order valence-corrected chi connectivity index (χ3v) is 4.35. The second kappa shape index (κ2) is 6.67. The molecule has 3 rings (SSSR count). The molecule has 5 heteroatoms. The summed E-state index contributed by atoms with van der Waals surface area (Å²) < 4.78 is 5.80. The highest BCUT2D eigenvalue weighted by atomic mass is 16.5. The first kappa shape index (κ1) is 15.3. The largest absolute Gasteiger partial charge is 0.372 e. The number of nitrogens with one attached hydrogen (secondary N) is 2. The van der Waals surface area contributed by atoms with Crippen LogP contribution in [0.1, 0.15) is 20.3 Å². The topological polar surface area (TPSA) is 53.6 Å². The molecular weight excluding hydrogens is 278 g/mol. The van der Waals surface area contributed by atoms with Crippen LogP contribution in [0.4, 0.5) is 11.4 Å². The number of ether oxygens (including phenoxy) is 1. The summed E-state index contributed by atoms with van der Waals surface area (Å²) in [5.41, 5.74) is 1.99. The number of rotatable bonds is 3. The van der Waals surface area contributed by atoms with E-state index >= 15 is 0 Å². The molecule has 2 aliphatic rings. The van der Waals surface area contributed by atoms with Crippen LogP contribution in [0.25, 0.3) is 0 Å². The molecule has 1 aromatic rings. The van der Waals surface area contributed by atoms with Crippen LogP contribution < -0.4 is 15.5 Å². The van der Waals surface area contributed by atoms with E-state index in [4.69, 9.17) is 4.74 Å². The summed E-state index contributed by atoms with van der Waals surface area (Å²) in [6, 6.07) is 8.06. The maximum absolute atomic E-state index is 12.4. The lowest BCUT2D eigenvalue weighted by atomic mass is 10.1. The highest BCUT2D eigenvalue weighted by Gasteiger charge is 2.26. The Morgan fingerprint density at radius 3 is 2.68 bits per heavy atom. The van der Waals surface area contributed by atoms with Crippen LogP contribution in [-0.2, 0) is 9.53 Å². The van der Waals surface area contributed by atoms with Gasteiger partial charge in [0.25, 0.3) is 0 Å². The Morgan fingerprint density at radius 2 is 2.00 bits per heavy atom. The molecule has 2 aliphatic heterocycles. The fourth-order valence-electron chi connectivity index (χ4n) is 3.34. The minimum Gasteiger partial charge on any atom is -0.372 e. The fraction of sp³-hybridized carbons (Fsp3) is 0.588. The van der Waals surface area contributed by atoms with Gasteiger partial charge in [0.05, 0.1) is 29.5 Å². The Morgan fingerprint density at radius 1 is 1.27 bits per heavy atom. The number of morpholine rings is 1. The summed E-state index contributed by atoms with van der Waals surface area (Å²) in [4.78, 5) is 14.7. The highest BCUT2D eigenvalue weighted by molar-refractivity contribution is 5.96. The van der Waals surface area contributed by atoms with Crippen molar-refractivity contribution < 1.29 is 9.53 Å². The highest BCUT2D eigenvalue weighted by Crippen LogP contribution is 2.29. The Balaban J connectivity index is 1.76. The van der Waals surface area contributed by atoms with Gasteiger partial charge in [-0.25, -0.2) is 0 Å². The molecule has 1 amide bonds. The number of amides is 1. The first-order valence-corrected chi connectivity index (χ1v) is 8.14. The number of carbonyl (C=O) groups excluding carboxylic acids is 1. The smallest absolute Gasteiger partial charge is 0.228 e. The third kappa shape index (κ3) is 3.42. The molecule has 3 atom stereocenters. The van der Waals surface area contributed by atoms with E-state index in [2.05, 4.69) is 35.4 Å². The van der Waals surface area contributed by atoms with Gasteiger partial charge in [-0.15, -0.1) is 0 Å². The lowest BCUT2D eigenvalue weighted by Gasteiger charge is -2.37. The molecule has 0 bridgehead atoms. The standard InChI is InChI=1S/C17H25N3O2/c1-12-10-20(11-13(2)22-12)16-6-4-3-5-15(16)19-17(21)14-7-8-18-9-14/h3-6,12-14,18H,7-11H2,1-2H3,(H,19,21). The first-order valence-electron chi connectivity index (χ1n) is 8.14. The molecule has 5 nitrogen and oxygen atoms in total. The Kier molecular flexibility index (Phi) is 4.64. The molecule has 2 N–H and O–H groups in total. The molecule has 1 aromatic carbocycles. The van der Waals surface area contributed by atoms with Gasteiger partial charge in [0.15, 0.2) is 0 Å². The molecular formula is C17H25N3O2. The zero-order valence-electron chi connectivity index (χ0n) is 13.3. The minimum atomic E-state index is 0.0793. The Bertz CT molecular complexity index is 518. The Labute approximate surface area is 132 Å². The van der Waals surface area contributed by atoms with E-state index in [0.29, 0.717) is 0 Å². The summed E-state index contributed by atoms with van der Waals surface area (Å²) in [5, 5.41) is 6.36. The van der Waals surface area contributed by atoms with E-state index in [1.165, 1.54) is 0 Å². The van der Waals surface area contributed by atoms with Gasteiger partial charge < -0.3 is 20.3 Å². The average molecular weight is 303 g/mol. The minimum absolute atomic E-state index is 0.0793. The van der Waals surface area contributed by atoms with Crippen LogP contribution in [0.5, 0.6) is 0 Å². The van der Waals surface area contributed by atoms with Crippen molar-refractivity contribution in [3.63, 3.8) is 0 Å². The number of hydrogen-bond donors (Lipinski definition) is 2. The lowest BCUT2D eigenvalue weighted by Crippen LogP contribution is -2.45. The van der Waals surface area contributed by atoms with Crippen molar-refractivity contribution >= 4 is 17.3 Å². The summed E-state index contributed by atoms with van der Waals surface area (Å²) in [6.07, 6.45) is 1.32. The van der Waals surface area contributed by atoms with E-state index in [-0.39, 0.29) is 24.0 Å². The zero-order valence-corrected chi connectivity index (χ0v) is 13.3. The number of carbonyl (C=O) groups is 1. The van der Waals surface area contributed by atoms with Gasteiger partial charge in [-0.1, -0.05) is 12.1 Å². The molecule has 2 heterocycles. The van der Waals surface area contributed by atoms with Crippen molar-refractivity contribution in [1.29, 1.82) is 0 Å². The van der Waals surface area contributed by atoms with Crippen molar-refractivity contribution in [2.45, 2.75) is 32.5 Å². The summed E-state index contributed by atoms with van der Waals surface area (Å²) in [5.74, 6) is 0.197. The maximum Gasteiger partial charge on any atom is 0.228 e. The molecule has 0 aliphatic carbocycles. The van der Waals surface area contributed by atoms with Crippen LogP contribution in [0.15, 0.2) is 24.3 Å². The number of hydrogen-bond acceptors (Lipinski definition) is 4. The second-order valence-corrected chi connectivity index (χ2v) is 6.36. The predicted molar refractivity (Wildman–Crippen MR) is 88.3 cm³/mol. The van der Waals surface area contributed by atoms with Gasteiger partial charge in [0.1, 0.15) is 0 Å². The number of nitrogens with zero attached hydrogens (tertiary/aromatic N) is 1. The number of para-hydroxylation sites is 2. The van der Waals surface area contributed by atoms with Crippen molar-refractivity contribution in [1.82, 2.24) is 5.32 Å². The molecule has 22 heavy (non-hydrogen) atoms. The van der Waals surface area contributed by atoms with Gasteiger partial charge >= 0.3 is 0 Å². The molecule has 2 fully saturated rings. The SMILES string of the molecule is CC1CN(c2ccccc2NC(=O)C2CCNC2)CC(C)O1. The molecule has 2 saturated heterocycles. The average Bonchev–Trinajstić information content (AvgIpc) is 3.01.